The lowest BCUT2D eigenvalue weighted by molar-refractivity contribution is -0.336. The quantitative estimate of drug-likeness (QED) is 0.371. The van der Waals surface area contributed by atoms with E-state index in [-0.39, 0.29) is 18.3 Å². The van der Waals surface area contributed by atoms with Crippen LogP contribution in [0.25, 0.3) is 6.08 Å². The van der Waals surface area contributed by atoms with E-state index in [4.69, 9.17) is 23.4 Å². The molecule has 37 heavy (non-hydrogen) atoms. The molecule has 1 amide bonds. The van der Waals surface area contributed by atoms with Crippen LogP contribution in [-0.4, -0.2) is 54.0 Å². The van der Waals surface area contributed by atoms with Gasteiger partial charge in [-0.3, -0.25) is 9.59 Å². The van der Waals surface area contributed by atoms with Crippen LogP contribution in [0.15, 0.2) is 83.5 Å². The molecule has 2 fully saturated rings. The van der Waals surface area contributed by atoms with Crippen molar-refractivity contribution in [2.75, 3.05) is 6.61 Å². The number of rotatable bonds is 7. The summed E-state index contributed by atoms with van der Waals surface area (Å²) in [5, 5.41) is 13.9. The molecule has 1 aromatic heterocycles. The van der Waals surface area contributed by atoms with Crippen molar-refractivity contribution in [1.29, 1.82) is 0 Å². The Morgan fingerprint density at radius 1 is 1.03 bits per heavy atom. The first-order chi connectivity index (χ1) is 18.0. The van der Waals surface area contributed by atoms with E-state index >= 15 is 0 Å². The monoisotopic (exact) mass is 505 g/mol. The van der Waals surface area contributed by atoms with Gasteiger partial charge in [-0.2, -0.15) is 0 Å². The largest absolute Gasteiger partial charge is 0.464 e. The van der Waals surface area contributed by atoms with Gasteiger partial charge in [0.25, 0.3) is 0 Å². The van der Waals surface area contributed by atoms with E-state index in [1.165, 1.54) is 19.3 Å². The van der Waals surface area contributed by atoms with E-state index in [9.17, 15) is 14.7 Å². The summed E-state index contributed by atoms with van der Waals surface area (Å²) >= 11 is 0. The number of fused-ring (bicyclic) bond motifs is 1. The van der Waals surface area contributed by atoms with E-state index in [1.807, 2.05) is 12.1 Å². The van der Waals surface area contributed by atoms with Crippen molar-refractivity contribution in [2.24, 2.45) is 0 Å². The van der Waals surface area contributed by atoms with E-state index in [2.05, 4.69) is 5.32 Å². The second-order valence-electron chi connectivity index (χ2n) is 8.76. The van der Waals surface area contributed by atoms with Crippen LogP contribution in [0.3, 0.4) is 0 Å². The lowest BCUT2D eigenvalue weighted by Crippen LogP contribution is -2.67. The van der Waals surface area contributed by atoms with Crippen molar-refractivity contribution in [3.63, 3.8) is 0 Å². The van der Waals surface area contributed by atoms with Gasteiger partial charge in [-0.25, -0.2) is 0 Å². The summed E-state index contributed by atoms with van der Waals surface area (Å²) in [6.07, 6.45) is 0.165. The zero-order valence-corrected chi connectivity index (χ0v) is 20.1. The molecule has 0 radical (unpaired) electrons. The molecule has 3 heterocycles. The van der Waals surface area contributed by atoms with Crippen molar-refractivity contribution in [3.05, 3.63) is 96.0 Å². The van der Waals surface area contributed by atoms with Gasteiger partial charge in [-0.05, 0) is 30.4 Å². The van der Waals surface area contributed by atoms with Gasteiger partial charge in [0.05, 0.1) is 12.9 Å². The van der Waals surface area contributed by atoms with Crippen LogP contribution in [0.1, 0.15) is 34.9 Å². The van der Waals surface area contributed by atoms with Crippen molar-refractivity contribution in [2.45, 2.75) is 43.9 Å². The van der Waals surface area contributed by atoms with Crippen LogP contribution in [-0.2, 0) is 19.0 Å². The summed E-state index contributed by atoms with van der Waals surface area (Å²) < 4.78 is 29.3. The van der Waals surface area contributed by atoms with Gasteiger partial charge < -0.3 is 33.8 Å². The zero-order chi connectivity index (χ0) is 25.8. The van der Waals surface area contributed by atoms with Gasteiger partial charge in [0.1, 0.15) is 30.1 Å². The predicted octanol–water partition coefficient (Wildman–Crippen LogP) is 3.26. The average molecular weight is 506 g/mol. The standard InChI is InChI=1S/C28H27NO8/c1-17(30)29-24-25(32)26-23(16-34-27(37-26)22-12-7-15-33-22)36-28(24)35-21-11-6-5-10-19(21)13-14-20(31)18-8-3-2-4-9-18/h2-15,23-28,32H,16H2,1H3,(H,29,30)/t23-,24-,25-,26-,27?,28-/m1/s1. The Hall–Kier alpha value is -3.76. The molecule has 2 aromatic carbocycles. The molecule has 2 saturated heterocycles. The molecular weight excluding hydrogens is 478 g/mol. The molecule has 9 nitrogen and oxygen atoms in total. The number of para-hydroxylation sites is 1. The van der Waals surface area contributed by atoms with Crippen LogP contribution < -0.4 is 10.1 Å². The fourth-order valence-corrected chi connectivity index (χ4v) is 4.36. The molecule has 2 aliphatic rings. The lowest BCUT2D eigenvalue weighted by atomic mass is 9.95. The number of allylic oxidation sites excluding steroid dienone is 1. The van der Waals surface area contributed by atoms with E-state index < -0.39 is 36.9 Å². The highest BCUT2D eigenvalue weighted by atomic mass is 16.8. The Labute approximate surface area is 213 Å². The van der Waals surface area contributed by atoms with Crippen LogP contribution >= 0.6 is 0 Å². The second kappa shape index (κ2) is 11.1. The number of carbonyl (C=O) groups is 2. The number of carbonyl (C=O) groups excluding carboxylic acids is 2. The third kappa shape index (κ3) is 5.65. The highest BCUT2D eigenvalue weighted by molar-refractivity contribution is 6.06. The number of ether oxygens (including phenoxy) is 4. The third-order valence-electron chi connectivity index (χ3n) is 6.15. The van der Waals surface area contributed by atoms with Crippen LogP contribution in [0, 0.1) is 0 Å². The number of aliphatic hydroxyl groups excluding tert-OH is 1. The van der Waals surface area contributed by atoms with Gasteiger partial charge in [-0.1, -0.05) is 48.5 Å². The molecule has 6 atom stereocenters. The third-order valence-corrected chi connectivity index (χ3v) is 6.15. The van der Waals surface area contributed by atoms with Gasteiger partial charge in [0.2, 0.25) is 18.5 Å². The van der Waals surface area contributed by atoms with Crippen LogP contribution in [0.2, 0.25) is 0 Å². The van der Waals surface area contributed by atoms with E-state index in [0.29, 0.717) is 22.6 Å². The normalized spacial score (nSPS) is 27.4. The molecule has 3 aromatic rings. The molecule has 5 rings (SSSR count). The number of nitrogens with one attached hydrogen (secondary N) is 1. The lowest BCUT2D eigenvalue weighted by Gasteiger charge is -2.47. The Bertz CT molecular complexity index is 1240. The van der Waals surface area contributed by atoms with Crippen molar-refractivity contribution < 1.29 is 38.1 Å². The summed E-state index contributed by atoms with van der Waals surface area (Å²) in [6.45, 7) is 1.46. The Morgan fingerprint density at radius 2 is 1.81 bits per heavy atom. The van der Waals surface area contributed by atoms with Gasteiger partial charge in [0.15, 0.2) is 11.5 Å². The predicted molar refractivity (Wildman–Crippen MR) is 131 cm³/mol. The van der Waals surface area contributed by atoms with E-state index in [1.54, 1.807) is 60.7 Å². The summed E-state index contributed by atoms with van der Waals surface area (Å²) in [5.41, 5.74) is 1.19. The van der Waals surface area contributed by atoms with Gasteiger partial charge in [0, 0.05) is 18.1 Å². The Kier molecular flexibility index (Phi) is 7.47. The van der Waals surface area contributed by atoms with Gasteiger partial charge >= 0.3 is 0 Å². The van der Waals surface area contributed by atoms with E-state index in [0.717, 1.165) is 0 Å². The molecule has 192 valence electrons. The molecule has 1 unspecified atom stereocenters. The molecule has 0 saturated carbocycles. The highest BCUT2D eigenvalue weighted by Gasteiger charge is 2.51. The van der Waals surface area contributed by atoms with Crippen LogP contribution in [0.4, 0.5) is 0 Å². The van der Waals surface area contributed by atoms with Crippen molar-refractivity contribution in [1.82, 2.24) is 5.32 Å². The number of benzene rings is 2. The molecule has 0 spiro atoms. The minimum atomic E-state index is -1.16. The fourth-order valence-electron chi connectivity index (χ4n) is 4.36. The number of aliphatic hydroxyl groups is 1. The Balaban J connectivity index is 1.35. The SMILES string of the molecule is CC(=O)N[C@H]1[C@H](Oc2ccccc2C=CC(=O)c2ccccc2)O[C@@H]2COC(c3ccco3)O[C@H]2[C@@H]1O. The maximum atomic E-state index is 12.5. The van der Waals surface area contributed by atoms with Crippen molar-refractivity contribution >= 4 is 17.8 Å². The summed E-state index contributed by atoms with van der Waals surface area (Å²) in [4.78, 5) is 24.5. The van der Waals surface area contributed by atoms with Gasteiger partial charge in [-0.15, -0.1) is 0 Å². The fraction of sp³-hybridized carbons (Fsp3) is 0.286. The first kappa shape index (κ1) is 24.9. The average Bonchev–Trinajstić information content (AvgIpc) is 3.45. The smallest absolute Gasteiger partial charge is 0.223 e. The number of hydrogen-bond donors (Lipinski definition) is 2. The first-order valence-corrected chi connectivity index (χ1v) is 11.9. The minimum Gasteiger partial charge on any atom is -0.464 e. The molecule has 0 bridgehead atoms. The molecular formula is C28H27NO8. The minimum absolute atomic E-state index is 0.118. The highest BCUT2D eigenvalue weighted by Crippen LogP contribution is 2.35. The zero-order valence-electron chi connectivity index (χ0n) is 20.1. The molecule has 2 N–H and O–H groups in total. The molecule has 9 heteroatoms. The maximum Gasteiger partial charge on any atom is 0.223 e. The maximum absolute atomic E-state index is 12.5. The Morgan fingerprint density at radius 3 is 2.57 bits per heavy atom. The number of ketones is 1. The second-order valence-corrected chi connectivity index (χ2v) is 8.76. The number of hydrogen-bond acceptors (Lipinski definition) is 8. The summed E-state index contributed by atoms with van der Waals surface area (Å²) in [5.74, 6) is 0.361. The van der Waals surface area contributed by atoms with Crippen LogP contribution in [0.5, 0.6) is 5.75 Å². The summed E-state index contributed by atoms with van der Waals surface area (Å²) in [6, 6.07) is 18.5. The number of furan rings is 1. The van der Waals surface area contributed by atoms with Crippen molar-refractivity contribution in [3.8, 4) is 5.75 Å². The topological polar surface area (TPSA) is 116 Å². The molecule has 2 aliphatic heterocycles. The summed E-state index contributed by atoms with van der Waals surface area (Å²) in [7, 11) is 0. The number of amides is 1. The molecule has 0 aliphatic carbocycles. The first-order valence-electron chi connectivity index (χ1n) is 11.9.